The molecule has 35 heavy (non-hydrogen) atoms. The van der Waals surface area contributed by atoms with E-state index in [-0.39, 0.29) is 30.5 Å². The molecule has 0 saturated heterocycles. The van der Waals surface area contributed by atoms with Gasteiger partial charge in [0, 0.05) is 42.0 Å². The lowest BCUT2D eigenvalue weighted by Crippen LogP contribution is -2.24. The molecule has 0 spiro atoms. The fourth-order valence-electron chi connectivity index (χ4n) is 4.89. The Labute approximate surface area is 207 Å². The molecule has 0 fully saturated rings. The van der Waals surface area contributed by atoms with Gasteiger partial charge in [0.2, 0.25) is 6.79 Å². The maximum Gasteiger partial charge on any atom is 0.259 e. The Morgan fingerprint density at radius 3 is 2.14 bits per heavy atom. The van der Waals surface area contributed by atoms with Gasteiger partial charge in [-0.05, 0) is 42.8 Å². The number of halogens is 1. The van der Waals surface area contributed by atoms with Crippen molar-refractivity contribution in [3.05, 3.63) is 70.3 Å². The number of ketones is 1. The number of carbonyl (C=O) groups excluding carboxylic acids is 1. The van der Waals surface area contributed by atoms with Crippen LogP contribution in [0.1, 0.15) is 22.3 Å². The van der Waals surface area contributed by atoms with E-state index < -0.39 is 0 Å². The highest BCUT2D eigenvalue weighted by molar-refractivity contribution is 6.27. The van der Waals surface area contributed by atoms with E-state index in [4.69, 9.17) is 18.9 Å². The Morgan fingerprint density at radius 2 is 1.49 bits per heavy atom. The number of hydrogen-bond donors (Lipinski definition) is 0. The first-order valence-corrected chi connectivity index (χ1v) is 11.0. The zero-order chi connectivity index (χ0) is 23.4. The van der Waals surface area contributed by atoms with Crippen LogP contribution in [0.15, 0.2) is 53.6 Å². The van der Waals surface area contributed by atoms with Gasteiger partial charge in [-0.3, -0.25) is 9.59 Å². The molecule has 2 aromatic carbocycles. The number of pyridine rings is 1. The largest absolute Gasteiger partial charge is 0.493 e. The average Bonchev–Trinajstić information content (AvgIpc) is 3.59. The summed E-state index contributed by atoms with van der Waals surface area (Å²) in [5.41, 5.74) is 2.09. The fourth-order valence-corrected chi connectivity index (χ4v) is 4.89. The number of nitrogens with zero attached hydrogens (tertiary/aromatic N) is 2. The maximum absolute atomic E-state index is 13.8. The summed E-state index contributed by atoms with van der Waals surface area (Å²) in [5.74, 6) is 1.84. The molecule has 0 radical (unpaired) electrons. The number of benzene rings is 2. The molecular formula is C26H23ClN2O6. The third-order valence-electron chi connectivity index (χ3n) is 6.48. The third-order valence-corrected chi connectivity index (χ3v) is 6.48. The Bertz CT molecular complexity index is 1520. The van der Waals surface area contributed by atoms with Crippen molar-refractivity contribution >= 4 is 29.0 Å². The summed E-state index contributed by atoms with van der Waals surface area (Å²) < 4.78 is 25.8. The summed E-state index contributed by atoms with van der Waals surface area (Å²) in [5, 5.41) is 0.959. The number of ether oxygens (including phenoxy) is 4. The van der Waals surface area contributed by atoms with Crippen LogP contribution in [-0.2, 0) is 13.1 Å². The first kappa shape index (κ1) is 22.9. The second-order valence-corrected chi connectivity index (χ2v) is 8.29. The Morgan fingerprint density at radius 1 is 0.857 bits per heavy atom. The highest BCUT2D eigenvalue weighted by atomic mass is 35.5. The molecule has 3 heterocycles. The van der Waals surface area contributed by atoms with Crippen molar-refractivity contribution in [2.45, 2.75) is 19.5 Å². The average molecular weight is 495 g/mol. The second kappa shape index (κ2) is 8.70. The van der Waals surface area contributed by atoms with E-state index in [0.717, 1.165) is 6.54 Å². The molecule has 4 aromatic rings. The molecule has 0 bridgehead atoms. The molecule has 9 heteroatoms. The maximum atomic E-state index is 13.8. The molecule has 0 N–H and O–H groups in total. The van der Waals surface area contributed by atoms with Crippen molar-refractivity contribution in [1.82, 2.24) is 9.13 Å². The molecule has 0 atom stereocenters. The van der Waals surface area contributed by atoms with Crippen LogP contribution in [0, 0.1) is 0 Å². The van der Waals surface area contributed by atoms with Gasteiger partial charge in [-0.2, -0.15) is 0 Å². The van der Waals surface area contributed by atoms with Crippen LogP contribution in [0.5, 0.6) is 23.0 Å². The number of aryl methyl sites for hydroxylation is 1. The lowest BCUT2D eigenvalue weighted by Gasteiger charge is -2.17. The molecule has 0 amide bonds. The van der Waals surface area contributed by atoms with Gasteiger partial charge in [-0.15, -0.1) is 12.4 Å². The van der Waals surface area contributed by atoms with E-state index >= 15 is 0 Å². The number of methoxy groups -OCH3 is 2. The molecule has 0 saturated carbocycles. The summed E-state index contributed by atoms with van der Waals surface area (Å²) >= 11 is 0. The summed E-state index contributed by atoms with van der Waals surface area (Å²) in [6.45, 7) is 1.31. The van der Waals surface area contributed by atoms with Gasteiger partial charge in [-0.1, -0.05) is 0 Å². The lowest BCUT2D eigenvalue weighted by molar-refractivity contribution is 0.104. The summed E-state index contributed by atoms with van der Waals surface area (Å²) in [6, 6.07) is 10.8. The van der Waals surface area contributed by atoms with E-state index in [1.165, 1.54) is 14.2 Å². The predicted octanol–water partition coefficient (Wildman–Crippen LogP) is 4.27. The van der Waals surface area contributed by atoms with Crippen molar-refractivity contribution in [2.75, 3.05) is 21.0 Å². The van der Waals surface area contributed by atoms with Crippen LogP contribution >= 0.6 is 12.4 Å². The fraction of sp³-hybridized carbons (Fsp3) is 0.231. The predicted molar refractivity (Wildman–Crippen MR) is 133 cm³/mol. The van der Waals surface area contributed by atoms with Crippen LogP contribution in [0.25, 0.3) is 22.0 Å². The van der Waals surface area contributed by atoms with Crippen molar-refractivity contribution in [2.24, 2.45) is 0 Å². The van der Waals surface area contributed by atoms with E-state index in [2.05, 4.69) is 4.57 Å². The minimum absolute atomic E-state index is 0. The van der Waals surface area contributed by atoms with E-state index in [0.29, 0.717) is 69.1 Å². The lowest BCUT2D eigenvalue weighted by atomic mass is 10.0. The summed E-state index contributed by atoms with van der Waals surface area (Å²) in [7, 11) is 3.05. The number of fused-ring (bicyclic) bond motifs is 6. The van der Waals surface area contributed by atoms with Crippen LogP contribution in [-0.4, -0.2) is 35.9 Å². The standard InChI is InChI=1S/C26H22N2O6.ClH/c1-31-19-10-15-18(13-20(19)32-2)26(30)28(9-5-8-27-6-3-4-7-27)24-16-11-21-22(34-14-33-21)12-17(16)25(29)23(15)24;/h3-4,6-7,10-13H,5,8-9,14H2,1-2H3;1H. The highest BCUT2D eigenvalue weighted by Crippen LogP contribution is 2.46. The molecule has 8 nitrogen and oxygen atoms in total. The molecule has 2 aliphatic rings. The van der Waals surface area contributed by atoms with Gasteiger partial charge >= 0.3 is 0 Å². The van der Waals surface area contributed by atoms with Crippen molar-refractivity contribution in [3.63, 3.8) is 0 Å². The summed E-state index contributed by atoms with van der Waals surface area (Å²) in [4.78, 5) is 27.5. The number of aromatic nitrogens is 2. The number of carbonyl (C=O) groups is 1. The summed E-state index contributed by atoms with van der Waals surface area (Å²) in [6.07, 6.45) is 4.70. The van der Waals surface area contributed by atoms with Crippen LogP contribution in [0.2, 0.25) is 0 Å². The first-order valence-electron chi connectivity index (χ1n) is 11.0. The Kier molecular flexibility index (Phi) is 5.68. The molecule has 1 aliphatic heterocycles. The monoisotopic (exact) mass is 494 g/mol. The topological polar surface area (TPSA) is 80.9 Å². The normalized spacial score (nSPS) is 12.9. The quantitative estimate of drug-likeness (QED) is 0.350. The smallest absolute Gasteiger partial charge is 0.259 e. The van der Waals surface area contributed by atoms with Crippen molar-refractivity contribution in [3.8, 4) is 34.3 Å². The molecule has 1 aliphatic carbocycles. The highest BCUT2D eigenvalue weighted by Gasteiger charge is 2.35. The van der Waals surface area contributed by atoms with Crippen LogP contribution in [0.3, 0.4) is 0 Å². The van der Waals surface area contributed by atoms with Crippen LogP contribution < -0.4 is 24.5 Å². The Balaban J connectivity index is 0.00000253. The van der Waals surface area contributed by atoms with Gasteiger partial charge in [0.05, 0.1) is 30.9 Å². The van der Waals surface area contributed by atoms with Gasteiger partial charge in [0.15, 0.2) is 28.8 Å². The van der Waals surface area contributed by atoms with E-state index in [1.54, 1.807) is 28.8 Å². The molecule has 6 rings (SSSR count). The van der Waals surface area contributed by atoms with Gasteiger partial charge < -0.3 is 28.1 Å². The third kappa shape index (κ3) is 3.44. The van der Waals surface area contributed by atoms with Crippen molar-refractivity contribution < 1.29 is 23.7 Å². The Hall–Kier alpha value is -3.91. The number of rotatable bonds is 6. The number of hydrogen-bond acceptors (Lipinski definition) is 6. The van der Waals surface area contributed by atoms with Gasteiger partial charge in [0.25, 0.3) is 5.56 Å². The molecule has 180 valence electrons. The molecular weight excluding hydrogens is 472 g/mol. The minimum atomic E-state index is -0.180. The van der Waals surface area contributed by atoms with Crippen molar-refractivity contribution in [1.29, 1.82) is 0 Å². The minimum Gasteiger partial charge on any atom is -0.493 e. The van der Waals surface area contributed by atoms with E-state index in [1.807, 2.05) is 24.5 Å². The second-order valence-electron chi connectivity index (χ2n) is 8.29. The first-order chi connectivity index (χ1) is 16.6. The van der Waals surface area contributed by atoms with Gasteiger partial charge in [-0.25, -0.2) is 0 Å². The molecule has 0 unspecified atom stereocenters. The zero-order valence-electron chi connectivity index (χ0n) is 19.2. The molecule has 2 aromatic heterocycles. The van der Waals surface area contributed by atoms with Gasteiger partial charge in [0.1, 0.15) is 0 Å². The van der Waals surface area contributed by atoms with Crippen LogP contribution in [0.4, 0.5) is 0 Å². The zero-order valence-corrected chi connectivity index (χ0v) is 20.0. The SMILES string of the molecule is COc1cc2c3c(n(CCCn4cccc4)c(=O)c2cc1OC)-c1cc2c(cc1C3=O)OCO2.Cl. The van der Waals surface area contributed by atoms with E-state index in [9.17, 15) is 9.59 Å².